The van der Waals surface area contributed by atoms with Gasteiger partial charge in [-0.05, 0) is 44.4 Å². The minimum absolute atomic E-state index is 0.0490. The first kappa shape index (κ1) is 15.3. The molecule has 1 saturated heterocycles. The fourth-order valence-corrected chi connectivity index (χ4v) is 3.34. The first-order chi connectivity index (χ1) is 10.6. The molecule has 3 rings (SSSR count). The van der Waals surface area contributed by atoms with Gasteiger partial charge in [-0.25, -0.2) is 0 Å². The standard InChI is InChI=1S/C17H20ClN3O/c1-11-8-15(14-6-5-12(18)9-16(14)20-11)17(22)21-7-3-2-4-13(21)10-19/h5-6,8-9,13H,2-4,7,10,19H2,1H3/t13-/m1/s1. The Kier molecular flexibility index (Phi) is 4.32. The highest BCUT2D eigenvalue weighted by Gasteiger charge is 2.27. The van der Waals surface area contributed by atoms with E-state index in [9.17, 15) is 4.79 Å². The average Bonchev–Trinajstić information content (AvgIpc) is 2.52. The van der Waals surface area contributed by atoms with E-state index in [0.717, 1.165) is 42.4 Å². The van der Waals surface area contributed by atoms with Gasteiger partial charge in [0.25, 0.3) is 5.91 Å². The molecule has 2 aromatic rings. The van der Waals surface area contributed by atoms with E-state index in [1.54, 1.807) is 12.1 Å². The maximum absolute atomic E-state index is 13.0. The smallest absolute Gasteiger partial charge is 0.254 e. The number of hydrogen-bond acceptors (Lipinski definition) is 3. The molecule has 1 aliphatic heterocycles. The van der Waals surface area contributed by atoms with E-state index in [1.165, 1.54) is 0 Å². The van der Waals surface area contributed by atoms with Crippen LogP contribution in [0.1, 0.15) is 35.3 Å². The van der Waals surface area contributed by atoms with Crippen LogP contribution in [0.25, 0.3) is 10.9 Å². The van der Waals surface area contributed by atoms with Gasteiger partial charge >= 0.3 is 0 Å². The Morgan fingerprint density at radius 2 is 2.23 bits per heavy atom. The number of hydrogen-bond donors (Lipinski definition) is 1. The molecule has 1 aliphatic rings. The second-order valence-electron chi connectivity index (χ2n) is 5.86. The summed E-state index contributed by atoms with van der Waals surface area (Å²) < 4.78 is 0. The highest BCUT2D eigenvalue weighted by atomic mass is 35.5. The van der Waals surface area contributed by atoms with Gasteiger partial charge in [0, 0.05) is 35.2 Å². The molecular formula is C17H20ClN3O. The Labute approximate surface area is 135 Å². The molecule has 116 valence electrons. The summed E-state index contributed by atoms with van der Waals surface area (Å²) in [4.78, 5) is 19.4. The van der Waals surface area contributed by atoms with Gasteiger partial charge in [0.05, 0.1) is 11.1 Å². The summed E-state index contributed by atoms with van der Waals surface area (Å²) in [6.07, 6.45) is 3.16. The Morgan fingerprint density at radius 1 is 1.41 bits per heavy atom. The van der Waals surface area contributed by atoms with Crippen molar-refractivity contribution < 1.29 is 4.79 Å². The SMILES string of the molecule is Cc1cc(C(=O)N2CCCC[C@@H]2CN)c2ccc(Cl)cc2n1. The van der Waals surface area contributed by atoms with E-state index in [-0.39, 0.29) is 11.9 Å². The minimum Gasteiger partial charge on any atom is -0.334 e. The molecule has 1 amide bonds. The van der Waals surface area contributed by atoms with Crippen molar-refractivity contribution in [3.63, 3.8) is 0 Å². The third-order valence-electron chi connectivity index (χ3n) is 4.29. The Bertz CT molecular complexity index is 711. The molecule has 0 spiro atoms. The van der Waals surface area contributed by atoms with Crippen LogP contribution < -0.4 is 5.73 Å². The molecule has 0 bridgehead atoms. The lowest BCUT2D eigenvalue weighted by molar-refractivity contribution is 0.0625. The molecular weight excluding hydrogens is 298 g/mol. The van der Waals surface area contributed by atoms with Gasteiger partial charge in [0.15, 0.2) is 0 Å². The lowest BCUT2D eigenvalue weighted by Gasteiger charge is -2.35. The molecule has 1 atom stereocenters. The van der Waals surface area contributed by atoms with Gasteiger partial charge in [0.2, 0.25) is 0 Å². The van der Waals surface area contributed by atoms with Gasteiger partial charge in [-0.3, -0.25) is 9.78 Å². The van der Waals surface area contributed by atoms with Gasteiger partial charge in [-0.1, -0.05) is 17.7 Å². The average molecular weight is 318 g/mol. The van der Waals surface area contributed by atoms with Crippen LogP contribution >= 0.6 is 11.6 Å². The molecule has 1 aromatic carbocycles. The molecule has 22 heavy (non-hydrogen) atoms. The second kappa shape index (κ2) is 6.23. The topological polar surface area (TPSA) is 59.2 Å². The Morgan fingerprint density at radius 3 is 3.00 bits per heavy atom. The second-order valence-corrected chi connectivity index (χ2v) is 6.29. The van der Waals surface area contributed by atoms with Crippen molar-refractivity contribution in [1.82, 2.24) is 9.88 Å². The number of nitrogens with two attached hydrogens (primary N) is 1. The summed E-state index contributed by atoms with van der Waals surface area (Å²) in [5.74, 6) is 0.0490. The number of pyridine rings is 1. The fourth-order valence-electron chi connectivity index (χ4n) is 3.18. The zero-order chi connectivity index (χ0) is 15.7. The number of carbonyl (C=O) groups is 1. The van der Waals surface area contributed by atoms with Crippen molar-refractivity contribution in [2.75, 3.05) is 13.1 Å². The molecule has 1 fully saturated rings. The molecule has 4 nitrogen and oxygen atoms in total. The summed E-state index contributed by atoms with van der Waals surface area (Å²) in [5.41, 5.74) is 8.12. The molecule has 5 heteroatoms. The third kappa shape index (κ3) is 2.81. The van der Waals surface area contributed by atoms with Crippen LogP contribution in [0.4, 0.5) is 0 Å². The number of aryl methyl sites for hydroxylation is 1. The third-order valence-corrected chi connectivity index (χ3v) is 4.53. The van der Waals surface area contributed by atoms with Crippen LogP contribution in [-0.2, 0) is 0 Å². The van der Waals surface area contributed by atoms with Crippen molar-refractivity contribution in [3.8, 4) is 0 Å². The van der Waals surface area contributed by atoms with Crippen LogP contribution in [0, 0.1) is 6.92 Å². The van der Waals surface area contributed by atoms with Crippen molar-refractivity contribution in [3.05, 3.63) is 40.5 Å². The van der Waals surface area contributed by atoms with E-state index in [4.69, 9.17) is 17.3 Å². The molecule has 0 saturated carbocycles. The zero-order valence-electron chi connectivity index (χ0n) is 12.7. The fraction of sp³-hybridized carbons (Fsp3) is 0.412. The summed E-state index contributed by atoms with van der Waals surface area (Å²) >= 11 is 6.05. The largest absolute Gasteiger partial charge is 0.334 e. The molecule has 0 unspecified atom stereocenters. The van der Waals surface area contributed by atoms with E-state index < -0.39 is 0 Å². The summed E-state index contributed by atoms with van der Waals surface area (Å²) in [6.45, 7) is 3.18. The zero-order valence-corrected chi connectivity index (χ0v) is 13.4. The monoisotopic (exact) mass is 317 g/mol. The van der Waals surface area contributed by atoms with Crippen LogP contribution in [0.2, 0.25) is 5.02 Å². The van der Waals surface area contributed by atoms with Gasteiger partial charge in [-0.2, -0.15) is 0 Å². The molecule has 2 N–H and O–H groups in total. The van der Waals surface area contributed by atoms with Gasteiger partial charge in [0.1, 0.15) is 0 Å². The number of nitrogens with zero attached hydrogens (tertiary/aromatic N) is 2. The summed E-state index contributed by atoms with van der Waals surface area (Å²) in [7, 11) is 0. The lowest BCUT2D eigenvalue weighted by atomic mass is 9.99. The van der Waals surface area contributed by atoms with Crippen LogP contribution in [-0.4, -0.2) is 34.9 Å². The van der Waals surface area contributed by atoms with Gasteiger partial charge in [-0.15, -0.1) is 0 Å². The highest BCUT2D eigenvalue weighted by Crippen LogP contribution is 2.26. The molecule has 2 heterocycles. The normalized spacial score (nSPS) is 18.7. The van der Waals surface area contributed by atoms with Crippen molar-refractivity contribution in [1.29, 1.82) is 0 Å². The number of fused-ring (bicyclic) bond motifs is 1. The maximum Gasteiger partial charge on any atom is 0.254 e. The van der Waals surface area contributed by atoms with E-state index in [0.29, 0.717) is 17.1 Å². The summed E-state index contributed by atoms with van der Waals surface area (Å²) in [5, 5.41) is 1.48. The predicted molar refractivity (Wildman–Crippen MR) is 89.2 cm³/mol. The highest BCUT2D eigenvalue weighted by molar-refractivity contribution is 6.31. The molecule has 0 aliphatic carbocycles. The van der Waals surface area contributed by atoms with E-state index in [1.807, 2.05) is 24.0 Å². The summed E-state index contributed by atoms with van der Waals surface area (Å²) in [6, 6.07) is 7.47. The maximum atomic E-state index is 13.0. The number of likely N-dealkylation sites (tertiary alicyclic amines) is 1. The van der Waals surface area contributed by atoms with Crippen LogP contribution in [0.3, 0.4) is 0 Å². The number of amides is 1. The van der Waals surface area contributed by atoms with Crippen LogP contribution in [0.15, 0.2) is 24.3 Å². The predicted octanol–water partition coefficient (Wildman–Crippen LogP) is 3.15. The minimum atomic E-state index is 0.0490. The Balaban J connectivity index is 2.06. The number of piperidine rings is 1. The number of rotatable bonds is 2. The van der Waals surface area contributed by atoms with Crippen molar-refractivity contribution in [2.24, 2.45) is 5.73 Å². The van der Waals surface area contributed by atoms with Crippen LogP contribution in [0.5, 0.6) is 0 Å². The number of benzene rings is 1. The van der Waals surface area contributed by atoms with Crippen molar-refractivity contribution in [2.45, 2.75) is 32.2 Å². The number of halogens is 1. The lowest BCUT2D eigenvalue weighted by Crippen LogP contribution is -2.47. The van der Waals surface area contributed by atoms with E-state index >= 15 is 0 Å². The first-order valence-corrected chi connectivity index (χ1v) is 8.06. The quantitative estimate of drug-likeness (QED) is 0.925. The number of carbonyl (C=O) groups excluding carboxylic acids is 1. The van der Waals surface area contributed by atoms with Gasteiger partial charge < -0.3 is 10.6 Å². The van der Waals surface area contributed by atoms with E-state index in [2.05, 4.69) is 4.98 Å². The number of aromatic nitrogens is 1. The van der Waals surface area contributed by atoms with Crippen molar-refractivity contribution >= 4 is 28.4 Å². The molecule has 0 radical (unpaired) electrons. The Hall–Kier alpha value is -1.65. The first-order valence-electron chi connectivity index (χ1n) is 7.68. The molecule has 1 aromatic heterocycles.